The van der Waals surface area contributed by atoms with Gasteiger partial charge < -0.3 is 31.5 Å². The first-order valence-electron chi connectivity index (χ1n) is 10.6. The molecule has 3 rings (SSSR count). The number of halogens is 1. The molecule has 188 valence electrons. The lowest BCUT2D eigenvalue weighted by Crippen LogP contribution is -2.35. The molecule has 1 heterocycles. The van der Waals surface area contributed by atoms with E-state index >= 15 is 0 Å². The van der Waals surface area contributed by atoms with Crippen molar-refractivity contribution >= 4 is 28.8 Å². The predicted octanol–water partition coefficient (Wildman–Crippen LogP) is 1.67. The quantitative estimate of drug-likeness (QED) is 0.195. The molecule has 0 saturated carbocycles. The first-order chi connectivity index (χ1) is 16.6. The van der Waals surface area contributed by atoms with Crippen LogP contribution in [0.1, 0.15) is 24.8 Å². The number of hydrogen-bond donors (Lipinski definition) is 5. The number of benzene rings is 2. The minimum Gasteiger partial charge on any atom is -0.480 e. The lowest BCUT2D eigenvalue weighted by Gasteiger charge is -2.08. The Morgan fingerprint density at radius 1 is 1.00 bits per heavy atom. The van der Waals surface area contributed by atoms with Crippen molar-refractivity contribution in [2.45, 2.75) is 38.0 Å². The minimum atomic E-state index is -2.07. The fourth-order valence-corrected chi connectivity index (χ4v) is 3.06. The molecule has 11 nitrogen and oxygen atoms in total. The summed E-state index contributed by atoms with van der Waals surface area (Å²) >= 11 is 0. The number of carboxylic acids is 3. The molecule has 3 aromatic rings. The molecule has 0 unspecified atom stereocenters. The van der Waals surface area contributed by atoms with E-state index in [1.165, 1.54) is 16.8 Å². The van der Waals surface area contributed by atoms with Crippen molar-refractivity contribution in [1.29, 1.82) is 0 Å². The van der Waals surface area contributed by atoms with Crippen molar-refractivity contribution in [2.24, 2.45) is 11.5 Å². The van der Waals surface area contributed by atoms with Crippen LogP contribution in [0.3, 0.4) is 0 Å². The molecule has 0 amide bonds. The maximum absolute atomic E-state index is 13.4. The number of hydrogen-bond acceptors (Lipinski definition) is 7. The molecular weight excluding hydrogens is 463 g/mol. The van der Waals surface area contributed by atoms with E-state index in [-0.39, 0.29) is 18.2 Å². The summed E-state index contributed by atoms with van der Waals surface area (Å²) in [6.45, 7) is 0.818. The number of fused-ring (bicyclic) bond motifs is 1. The molecule has 0 spiro atoms. The number of carbonyl (C=O) groups is 3. The number of ether oxygens (including phenoxy) is 1. The van der Waals surface area contributed by atoms with Crippen molar-refractivity contribution in [3.05, 3.63) is 59.9 Å². The van der Waals surface area contributed by atoms with E-state index in [0.29, 0.717) is 29.4 Å². The van der Waals surface area contributed by atoms with Crippen LogP contribution in [0.5, 0.6) is 5.88 Å². The van der Waals surface area contributed by atoms with E-state index in [4.69, 9.17) is 31.5 Å². The van der Waals surface area contributed by atoms with Gasteiger partial charge in [0.1, 0.15) is 11.9 Å². The van der Waals surface area contributed by atoms with E-state index in [1.807, 2.05) is 0 Å². The maximum atomic E-state index is 13.4. The third-order valence-electron chi connectivity index (χ3n) is 4.81. The fourth-order valence-electron chi connectivity index (χ4n) is 3.06. The van der Waals surface area contributed by atoms with E-state index in [0.717, 1.165) is 12.8 Å². The molecule has 7 N–H and O–H groups in total. The van der Waals surface area contributed by atoms with Crippen molar-refractivity contribution < 1.29 is 38.8 Å². The molecule has 2 aromatic carbocycles. The van der Waals surface area contributed by atoms with Crippen LogP contribution in [-0.4, -0.2) is 61.7 Å². The number of nitrogens with two attached hydrogens (primary N) is 2. The number of unbranched alkanes of at least 4 members (excludes halogenated alkanes) is 1. The van der Waals surface area contributed by atoms with E-state index in [1.54, 1.807) is 36.4 Å². The minimum absolute atomic E-state index is 0.109. The maximum Gasteiger partial charge on any atom is 0.356 e. The van der Waals surface area contributed by atoms with Crippen LogP contribution in [0.15, 0.2) is 48.5 Å². The number of rotatable bonds is 11. The second-order valence-electron chi connectivity index (χ2n) is 7.51. The van der Waals surface area contributed by atoms with E-state index in [9.17, 15) is 18.8 Å². The zero-order valence-electron chi connectivity index (χ0n) is 18.7. The Labute approximate surface area is 199 Å². The second-order valence-corrected chi connectivity index (χ2v) is 7.51. The van der Waals surface area contributed by atoms with Crippen molar-refractivity contribution in [2.75, 3.05) is 6.54 Å². The SMILES string of the molecule is NCCCC[C@H](N)C(=O)O.O=C(O)C(Oc1nn(Cc2cccc(F)c2)c2ccccc12)C(=O)O. The zero-order chi connectivity index (χ0) is 26.0. The Hall–Kier alpha value is -4.03. The second kappa shape index (κ2) is 13.0. The van der Waals surface area contributed by atoms with Crippen LogP contribution in [0.2, 0.25) is 0 Å². The lowest BCUT2D eigenvalue weighted by molar-refractivity contribution is -0.159. The highest BCUT2D eigenvalue weighted by Crippen LogP contribution is 2.26. The summed E-state index contributed by atoms with van der Waals surface area (Å²) in [6, 6.07) is 12.1. The van der Waals surface area contributed by atoms with Gasteiger partial charge in [0.2, 0.25) is 5.88 Å². The van der Waals surface area contributed by atoms with Gasteiger partial charge in [-0.05, 0) is 49.2 Å². The van der Waals surface area contributed by atoms with Crippen molar-refractivity contribution in [3.8, 4) is 5.88 Å². The number of carboxylic acid groups (broad SMARTS) is 3. The van der Waals surface area contributed by atoms with Gasteiger partial charge in [-0.15, -0.1) is 5.10 Å². The van der Waals surface area contributed by atoms with E-state index < -0.39 is 30.1 Å². The van der Waals surface area contributed by atoms with Gasteiger partial charge in [-0.2, -0.15) is 0 Å². The zero-order valence-corrected chi connectivity index (χ0v) is 18.7. The molecule has 1 aromatic heterocycles. The molecular formula is C23H27FN4O7. The van der Waals surface area contributed by atoms with Crippen molar-refractivity contribution in [1.82, 2.24) is 9.78 Å². The molecule has 0 bridgehead atoms. The van der Waals surface area contributed by atoms with Crippen LogP contribution in [0, 0.1) is 5.82 Å². The third-order valence-corrected chi connectivity index (χ3v) is 4.81. The highest BCUT2D eigenvalue weighted by atomic mass is 19.1. The highest BCUT2D eigenvalue weighted by molar-refractivity contribution is 5.97. The summed E-state index contributed by atoms with van der Waals surface area (Å²) in [5, 5.41) is 30.9. The Bertz CT molecular complexity index is 1150. The number of para-hydroxylation sites is 1. The van der Waals surface area contributed by atoms with Gasteiger partial charge in [0.05, 0.1) is 17.4 Å². The highest BCUT2D eigenvalue weighted by Gasteiger charge is 2.30. The number of nitrogens with zero attached hydrogens (tertiary/aromatic N) is 2. The van der Waals surface area contributed by atoms with Gasteiger partial charge in [0.15, 0.2) is 0 Å². The number of aliphatic carboxylic acids is 3. The normalized spacial score (nSPS) is 11.5. The molecule has 12 heteroatoms. The molecule has 0 aliphatic rings. The molecule has 0 aliphatic heterocycles. The Morgan fingerprint density at radius 2 is 1.69 bits per heavy atom. The Morgan fingerprint density at radius 3 is 2.29 bits per heavy atom. The summed E-state index contributed by atoms with van der Waals surface area (Å²) in [7, 11) is 0. The molecule has 35 heavy (non-hydrogen) atoms. The van der Waals surface area contributed by atoms with Crippen LogP contribution in [-0.2, 0) is 20.9 Å². The largest absolute Gasteiger partial charge is 0.480 e. The molecule has 0 aliphatic carbocycles. The van der Waals surface area contributed by atoms with Gasteiger partial charge in [0.25, 0.3) is 6.10 Å². The van der Waals surface area contributed by atoms with Crippen LogP contribution >= 0.6 is 0 Å². The summed E-state index contributed by atoms with van der Waals surface area (Å²) in [6.07, 6.45) is 0.0956. The predicted molar refractivity (Wildman–Crippen MR) is 123 cm³/mol. The average molecular weight is 490 g/mol. The monoisotopic (exact) mass is 490 g/mol. The number of aromatic nitrogens is 2. The average Bonchev–Trinajstić information content (AvgIpc) is 3.14. The fraction of sp³-hybridized carbons (Fsp3) is 0.304. The third kappa shape index (κ3) is 8.05. The van der Waals surface area contributed by atoms with Gasteiger partial charge in [0, 0.05) is 0 Å². The Balaban J connectivity index is 0.000000367. The molecule has 0 fully saturated rings. The standard InChI is InChI=1S/C17H13FN2O5.C6H14N2O2/c18-11-5-3-4-10(8-11)9-20-13-7-2-1-6-12(13)15(19-20)25-14(16(21)22)17(23)24;7-4-2-1-3-5(8)6(9)10/h1-8,14H,9H2,(H,21,22)(H,23,24);5H,1-4,7-8H2,(H,9,10)/t;5-/m.0/s1. The Kier molecular flexibility index (Phi) is 10.1. The summed E-state index contributed by atoms with van der Waals surface area (Å²) < 4.78 is 19.9. The first kappa shape index (κ1) is 27.2. The van der Waals surface area contributed by atoms with Crippen molar-refractivity contribution in [3.63, 3.8) is 0 Å². The molecule has 1 atom stereocenters. The van der Waals surface area contributed by atoms with Crippen LogP contribution in [0.25, 0.3) is 10.9 Å². The topological polar surface area (TPSA) is 191 Å². The first-order valence-corrected chi connectivity index (χ1v) is 10.6. The van der Waals surface area contributed by atoms with Gasteiger partial charge in [-0.1, -0.05) is 30.7 Å². The summed E-state index contributed by atoms with van der Waals surface area (Å²) in [4.78, 5) is 32.2. The molecule has 0 radical (unpaired) electrons. The van der Waals surface area contributed by atoms with Gasteiger partial charge in [-0.3, -0.25) is 9.48 Å². The van der Waals surface area contributed by atoms with Crippen LogP contribution in [0.4, 0.5) is 4.39 Å². The summed E-state index contributed by atoms with van der Waals surface area (Å²) in [5.41, 5.74) is 11.7. The van der Waals surface area contributed by atoms with E-state index in [2.05, 4.69) is 5.10 Å². The molecule has 0 saturated heterocycles. The van der Waals surface area contributed by atoms with Gasteiger partial charge in [-0.25, -0.2) is 14.0 Å². The van der Waals surface area contributed by atoms with Gasteiger partial charge >= 0.3 is 17.9 Å². The van der Waals surface area contributed by atoms with Crippen LogP contribution < -0.4 is 16.2 Å². The smallest absolute Gasteiger partial charge is 0.356 e. The summed E-state index contributed by atoms with van der Waals surface area (Å²) in [5.74, 6) is -4.69. The lowest BCUT2D eigenvalue weighted by atomic mass is 10.1.